The van der Waals surface area contributed by atoms with Crippen molar-refractivity contribution in [3.8, 4) is 5.75 Å². The number of anilines is 3. The summed E-state index contributed by atoms with van der Waals surface area (Å²) in [4.78, 5) is 26.8. The van der Waals surface area contributed by atoms with Crippen molar-refractivity contribution in [3.05, 3.63) is 48.7 Å². The monoisotopic (exact) mass is 628 g/mol. The molecule has 43 heavy (non-hydrogen) atoms. The first-order valence-corrected chi connectivity index (χ1v) is 18.2. The summed E-state index contributed by atoms with van der Waals surface area (Å²) < 4.78 is 34.0. The Morgan fingerprint density at radius 1 is 1.09 bits per heavy atom. The maximum atomic E-state index is 14.2. The van der Waals surface area contributed by atoms with Gasteiger partial charge in [-0.15, -0.1) is 11.8 Å². The van der Waals surface area contributed by atoms with Crippen LogP contribution in [0.15, 0.2) is 58.5 Å². The fourth-order valence-corrected chi connectivity index (χ4v) is 8.93. The lowest BCUT2D eigenvalue weighted by Crippen LogP contribution is -2.38. The molecule has 0 unspecified atom stereocenters. The topological polar surface area (TPSA) is 113 Å². The number of fused-ring (bicyclic) bond motifs is 1. The zero-order valence-corrected chi connectivity index (χ0v) is 27.1. The van der Waals surface area contributed by atoms with Gasteiger partial charge in [-0.25, -0.2) is 13.2 Å². The Kier molecular flexibility index (Phi) is 11.2. The van der Waals surface area contributed by atoms with Crippen LogP contribution in [-0.2, 0) is 19.4 Å². The molecule has 1 amide bonds. The lowest BCUT2D eigenvalue weighted by atomic mass is 9.79. The molecule has 2 N–H and O–H groups in total. The highest BCUT2D eigenvalue weighted by atomic mass is 32.2. The Morgan fingerprint density at radius 2 is 1.74 bits per heavy atom. The van der Waals surface area contributed by atoms with Crippen molar-refractivity contribution in [3.63, 3.8) is 0 Å². The van der Waals surface area contributed by atoms with Gasteiger partial charge in [0.2, 0.25) is 5.91 Å². The molecule has 10 heteroatoms. The van der Waals surface area contributed by atoms with E-state index < -0.39 is 21.2 Å². The number of amides is 1. The molecule has 2 aromatic rings. The molecule has 0 spiro atoms. The molecule has 8 nitrogen and oxygen atoms in total. The number of carbonyl (C=O) groups excluding carboxylic acids is 1. The van der Waals surface area contributed by atoms with Gasteiger partial charge in [0.1, 0.15) is 5.75 Å². The Morgan fingerprint density at radius 3 is 2.33 bits per heavy atom. The number of rotatable bonds is 13. The predicted octanol–water partition coefficient (Wildman–Crippen LogP) is 7.81. The van der Waals surface area contributed by atoms with Gasteiger partial charge < -0.3 is 20.1 Å². The molecule has 1 aliphatic heterocycles. The van der Waals surface area contributed by atoms with Crippen molar-refractivity contribution in [2.45, 2.75) is 87.8 Å². The quantitative estimate of drug-likeness (QED) is 0.131. The second-order valence-electron chi connectivity index (χ2n) is 11.8. The molecule has 4 rings (SSSR count). The van der Waals surface area contributed by atoms with Crippen molar-refractivity contribution in [1.29, 1.82) is 0 Å². The minimum Gasteiger partial charge on any atom is -0.478 e. The maximum absolute atomic E-state index is 14.2. The minimum atomic E-state index is -3.74. The van der Waals surface area contributed by atoms with Gasteiger partial charge in [0.25, 0.3) is 0 Å². The molecular formula is C33H44N2O6S2. The summed E-state index contributed by atoms with van der Waals surface area (Å²) in [5.74, 6) is -0.705. The van der Waals surface area contributed by atoms with Gasteiger partial charge in [-0.2, -0.15) is 0 Å². The molecule has 234 valence electrons. The summed E-state index contributed by atoms with van der Waals surface area (Å²) in [6, 6.07) is 11.1. The van der Waals surface area contributed by atoms with E-state index in [1.807, 2.05) is 36.6 Å². The summed E-state index contributed by atoms with van der Waals surface area (Å²) in [6.45, 7) is 4.80. The zero-order chi connectivity index (χ0) is 31.0. The Labute approximate surface area is 260 Å². The maximum Gasteiger partial charge on any atom is 0.331 e. The number of ether oxygens (including phenoxy) is 1. The van der Waals surface area contributed by atoms with E-state index in [2.05, 4.69) is 24.1 Å². The lowest BCUT2D eigenvalue weighted by molar-refractivity contribution is -0.131. The van der Waals surface area contributed by atoms with E-state index in [4.69, 9.17) is 9.84 Å². The van der Waals surface area contributed by atoms with E-state index in [-0.39, 0.29) is 22.5 Å². The number of carboxylic acid groups (broad SMARTS) is 1. The number of carboxylic acids is 1. The molecule has 1 heterocycles. The van der Waals surface area contributed by atoms with Crippen LogP contribution < -0.4 is 15.0 Å². The molecule has 1 fully saturated rings. The van der Waals surface area contributed by atoms with E-state index in [1.54, 1.807) is 6.07 Å². The zero-order valence-electron chi connectivity index (χ0n) is 25.4. The van der Waals surface area contributed by atoms with Gasteiger partial charge >= 0.3 is 5.97 Å². The number of unbranched alkanes of at least 4 members (excludes halogenated alkanes) is 2. The van der Waals surface area contributed by atoms with Gasteiger partial charge in [-0.1, -0.05) is 52.4 Å². The molecule has 2 aromatic carbocycles. The van der Waals surface area contributed by atoms with Crippen molar-refractivity contribution in [2.24, 2.45) is 11.3 Å². The van der Waals surface area contributed by atoms with Crippen LogP contribution in [0.2, 0.25) is 0 Å². The Balaban J connectivity index is 1.80. The molecule has 1 aliphatic carbocycles. The van der Waals surface area contributed by atoms with Gasteiger partial charge in [-0.05, 0) is 62.3 Å². The summed E-state index contributed by atoms with van der Waals surface area (Å²) in [7, 11) is -3.74. The number of nitrogens with zero attached hydrogens (tertiary/aromatic N) is 1. The third-order valence-electron chi connectivity index (χ3n) is 8.56. The van der Waals surface area contributed by atoms with Crippen LogP contribution in [0.1, 0.15) is 78.1 Å². The normalized spacial score (nSPS) is 17.9. The third-order valence-corrected chi connectivity index (χ3v) is 11.3. The Bertz CT molecular complexity index is 1410. The van der Waals surface area contributed by atoms with E-state index in [0.717, 1.165) is 87.9 Å². The predicted molar refractivity (Wildman–Crippen MR) is 173 cm³/mol. The summed E-state index contributed by atoms with van der Waals surface area (Å²) in [6.07, 6.45) is 13.2. The van der Waals surface area contributed by atoms with Crippen LogP contribution in [-0.4, -0.2) is 44.0 Å². The second-order valence-corrected chi connectivity index (χ2v) is 14.6. The first-order chi connectivity index (χ1) is 20.6. The molecule has 0 aromatic heterocycles. The minimum absolute atomic E-state index is 0.0298. The fourth-order valence-electron chi connectivity index (χ4n) is 6.27. The molecule has 0 saturated heterocycles. The number of carbonyl (C=O) groups is 2. The number of benzene rings is 2. The summed E-state index contributed by atoms with van der Waals surface area (Å²) in [5, 5.41) is 12.1. The van der Waals surface area contributed by atoms with Crippen molar-refractivity contribution < 1.29 is 27.9 Å². The SMILES string of the molecule is CCCCC1(CCCC)CN(c2ccc(NC(=O)C3CCCC3)cc2)c2cc(SC)c(O/C=C/C(=O)O)cc2S(=O)(=O)C1. The Hall–Kier alpha value is -2.98. The largest absolute Gasteiger partial charge is 0.478 e. The van der Waals surface area contributed by atoms with E-state index in [1.165, 1.54) is 11.8 Å². The first-order valence-electron chi connectivity index (χ1n) is 15.3. The number of hydrogen-bond acceptors (Lipinski definition) is 7. The van der Waals surface area contributed by atoms with Crippen LogP contribution in [0.5, 0.6) is 5.75 Å². The standard InChI is InChI=1S/C33H44N2O6S2/c1-4-6-17-33(18-7-5-2)22-35(26-14-12-25(13-15-26)34-32(38)24-10-8-9-11-24)27-20-29(42-3)28(41-19-16-31(36)37)21-30(27)43(39,40)23-33/h12-16,19-21,24H,4-11,17-18,22-23H2,1-3H3,(H,34,38)(H,36,37)/b19-16+. The van der Waals surface area contributed by atoms with Crippen molar-refractivity contribution >= 4 is 50.5 Å². The number of hydrogen-bond donors (Lipinski definition) is 2. The lowest BCUT2D eigenvalue weighted by Gasteiger charge is -2.37. The number of thioether (sulfide) groups is 1. The smallest absolute Gasteiger partial charge is 0.331 e. The molecule has 0 radical (unpaired) electrons. The highest BCUT2D eigenvalue weighted by Crippen LogP contribution is 2.48. The van der Waals surface area contributed by atoms with Crippen LogP contribution >= 0.6 is 11.8 Å². The number of sulfone groups is 1. The van der Waals surface area contributed by atoms with Gasteiger partial charge in [-0.3, -0.25) is 4.79 Å². The molecular weight excluding hydrogens is 585 g/mol. The van der Waals surface area contributed by atoms with Gasteiger partial charge in [0.15, 0.2) is 9.84 Å². The highest BCUT2D eigenvalue weighted by Gasteiger charge is 2.42. The van der Waals surface area contributed by atoms with E-state index in [0.29, 0.717) is 22.9 Å². The molecule has 0 atom stereocenters. The van der Waals surface area contributed by atoms with Crippen molar-refractivity contribution in [2.75, 3.05) is 28.8 Å². The van der Waals surface area contributed by atoms with Crippen LogP contribution in [0, 0.1) is 11.3 Å². The second kappa shape index (κ2) is 14.7. The van der Waals surface area contributed by atoms with Crippen molar-refractivity contribution in [1.82, 2.24) is 0 Å². The van der Waals surface area contributed by atoms with Crippen LogP contribution in [0.4, 0.5) is 17.1 Å². The van der Waals surface area contributed by atoms with E-state index >= 15 is 0 Å². The van der Waals surface area contributed by atoms with Crippen LogP contribution in [0.3, 0.4) is 0 Å². The summed E-state index contributed by atoms with van der Waals surface area (Å²) in [5.41, 5.74) is 1.70. The van der Waals surface area contributed by atoms with E-state index in [9.17, 15) is 18.0 Å². The summed E-state index contributed by atoms with van der Waals surface area (Å²) >= 11 is 1.40. The van der Waals surface area contributed by atoms with Gasteiger partial charge in [0, 0.05) is 35.3 Å². The van der Waals surface area contributed by atoms with Gasteiger partial charge in [0.05, 0.1) is 33.6 Å². The molecule has 0 bridgehead atoms. The number of aliphatic carboxylic acids is 1. The fraction of sp³-hybridized carbons (Fsp3) is 0.515. The molecule has 2 aliphatic rings. The third kappa shape index (κ3) is 8.15. The average Bonchev–Trinajstić information content (AvgIpc) is 3.50. The van der Waals surface area contributed by atoms with Crippen LogP contribution in [0.25, 0.3) is 0 Å². The number of nitrogens with one attached hydrogen (secondary N) is 1. The highest BCUT2D eigenvalue weighted by molar-refractivity contribution is 7.98. The first kappa shape index (κ1) is 32.9. The molecule has 1 saturated carbocycles. The average molecular weight is 629 g/mol.